The van der Waals surface area contributed by atoms with Crippen LogP contribution in [0, 0.1) is 0 Å². The Kier molecular flexibility index (Phi) is 8.18. The Bertz CT molecular complexity index is 768. The van der Waals surface area contributed by atoms with Gasteiger partial charge in [-0.15, -0.1) is 0 Å². The average molecular weight is 382 g/mol. The van der Waals surface area contributed by atoms with E-state index in [0.717, 1.165) is 18.4 Å². The van der Waals surface area contributed by atoms with Gasteiger partial charge in [0.1, 0.15) is 5.69 Å². The van der Waals surface area contributed by atoms with Gasteiger partial charge in [0, 0.05) is 37.4 Å². The van der Waals surface area contributed by atoms with E-state index in [4.69, 9.17) is 0 Å². The van der Waals surface area contributed by atoms with Crippen LogP contribution in [0.3, 0.4) is 0 Å². The van der Waals surface area contributed by atoms with Crippen LogP contribution >= 0.6 is 0 Å². The lowest BCUT2D eigenvalue weighted by atomic mass is 10.1. The highest BCUT2D eigenvalue weighted by Gasteiger charge is 2.22. The van der Waals surface area contributed by atoms with E-state index in [1.165, 1.54) is 0 Å². The van der Waals surface area contributed by atoms with Gasteiger partial charge in [-0.25, -0.2) is 0 Å². The van der Waals surface area contributed by atoms with E-state index in [1.54, 1.807) is 23.2 Å². The molecule has 0 bridgehead atoms. The smallest absolute Gasteiger partial charge is 0.272 e. The van der Waals surface area contributed by atoms with Gasteiger partial charge in [-0.2, -0.15) is 0 Å². The fourth-order valence-electron chi connectivity index (χ4n) is 3.13. The SMILES string of the molecule is CCCN(CCC)C(=O)c1ccnc(C(=O)N(Cc2ccccc2)C(C)C)c1. The van der Waals surface area contributed by atoms with Crippen LogP contribution in [-0.4, -0.2) is 45.7 Å². The molecule has 2 rings (SSSR count). The van der Waals surface area contributed by atoms with Gasteiger partial charge in [0.05, 0.1) is 0 Å². The molecule has 0 aliphatic rings. The number of aromatic nitrogens is 1. The van der Waals surface area contributed by atoms with Gasteiger partial charge < -0.3 is 9.80 Å². The van der Waals surface area contributed by atoms with E-state index in [0.29, 0.717) is 30.9 Å². The van der Waals surface area contributed by atoms with Crippen molar-refractivity contribution in [2.24, 2.45) is 0 Å². The summed E-state index contributed by atoms with van der Waals surface area (Å²) in [6.45, 7) is 10.0. The van der Waals surface area contributed by atoms with Gasteiger partial charge in [0.2, 0.25) is 0 Å². The first kappa shape index (κ1) is 21.6. The second-order valence-corrected chi connectivity index (χ2v) is 7.23. The zero-order chi connectivity index (χ0) is 20.5. The zero-order valence-corrected chi connectivity index (χ0v) is 17.4. The zero-order valence-electron chi connectivity index (χ0n) is 17.4. The Hall–Kier alpha value is -2.69. The highest BCUT2D eigenvalue weighted by atomic mass is 16.2. The molecule has 2 aromatic rings. The number of carbonyl (C=O) groups is 2. The fraction of sp³-hybridized carbons (Fsp3) is 0.435. The monoisotopic (exact) mass is 381 g/mol. The van der Waals surface area contributed by atoms with E-state index >= 15 is 0 Å². The number of amides is 2. The first-order chi connectivity index (χ1) is 13.5. The lowest BCUT2D eigenvalue weighted by molar-refractivity contribution is 0.0684. The Morgan fingerprint density at radius 2 is 1.61 bits per heavy atom. The molecular formula is C23H31N3O2. The molecule has 0 fully saturated rings. The van der Waals surface area contributed by atoms with E-state index in [9.17, 15) is 9.59 Å². The summed E-state index contributed by atoms with van der Waals surface area (Å²) in [5.74, 6) is -0.203. The van der Waals surface area contributed by atoms with Gasteiger partial charge in [-0.1, -0.05) is 44.2 Å². The molecule has 1 aromatic heterocycles. The summed E-state index contributed by atoms with van der Waals surface area (Å²) < 4.78 is 0. The van der Waals surface area contributed by atoms with Crippen LogP contribution in [0.4, 0.5) is 0 Å². The van der Waals surface area contributed by atoms with Crippen molar-refractivity contribution in [3.63, 3.8) is 0 Å². The predicted molar refractivity (Wildman–Crippen MR) is 112 cm³/mol. The van der Waals surface area contributed by atoms with Crippen LogP contribution < -0.4 is 0 Å². The fourth-order valence-corrected chi connectivity index (χ4v) is 3.13. The molecule has 0 aliphatic heterocycles. The highest BCUT2D eigenvalue weighted by Crippen LogP contribution is 2.14. The van der Waals surface area contributed by atoms with E-state index in [-0.39, 0.29) is 17.9 Å². The molecular weight excluding hydrogens is 350 g/mol. The maximum Gasteiger partial charge on any atom is 0.272 e. The van der Waals surface area contributed by atoms with Crippen molar-refractivity contribution in [1.82, 2.24) is 14.8 Å². The molecule has 0 radical (unpaired) electrons. The molecule has 0 saturated carbocycles. The van der Waals surface area contributed by atoms with Crippen LogP contribution in [0.25, 0.3) is 0 Å². The Morgan fingerprint density at radius 3 is 2.18 bits per heavy atom. The van der Waals surface area contributed by atoms with Crippen molar-refractivity contribution in [2.75, 3.05) is 13.1 Å². The van der Waals surface area contributed by atoms with Crippen LogP contribution in [-0.2, 0) is 6.54 Å². The molecule has 0 unspecified atom stereocenters. The Morgan fingerprint density at radius 1 is 0.964 bits per heavy atom. The molecule has 0 N–H and O–H groups in total. The largest absolute Gasteiger partial charge is 0.339 e. The second kappa shape index (κ2) is 10.6. The summed E-state index contributed by atoms with van der Waals surface area (Å²) in [5.41, 5.74) is 1.89. The first-order valence-corrected chi connectivity index (χ1v) is 10.1. The summed E-state index contributed by atoms with van der Waals surface area (Å²) >= 11 is 0. The Balaban J connectivity index is 2.24. The van der Waals surface area contributed by atoms with Crippen molar-refractivity contribution < 1.29 is 9.59 Å². The summed E-state index contributed by atoms with van der Waals surface area (Å²) in [7, 11) is 0. The minimum absolute atomic E-state index is 0.0190. The number of hydrogen-bond donors (Lipinski definition) is 0. The van der Waals surface area contributed by atoms with Crippen molar-refractivity contribution in [3.05, 3.63) is 65.5 Å². The van der Waals surface area contributed by atoms with Crippen LogP contribution in [0.5, 0.6) is 0 Å². The van der Waals surface area contributed by atoms with Crippen LogP contribution in [0.2, 0.25) is 0 Å². The third kappa shape index (κ3) is 5.65. The summed E-state index contributed by atoms with van der Waals surface area (Å²) in [4.78, 5) is 33.9. The number of carbonyl (C=O) groups excluding carboxylic acids is 2. The lowest BCUT2D eigenvalue weighted by Crippen LogP contribution is -2.37. The highest BCUT2D eigenvalue weighted by molar-refractivity contribution is 5.98. The van der Waals surface area contributed by atoms with Gasteiger partial charge >= 0.3 is 0 Å². The van der Waals surface area contributed by atoms with Crippen molar-refractivity contribution in [2.45, 2.75) is 53.1 Å². The molecule has 5 nitrogen and oxygen atoms in total. The quantitative estimate of drug-likeness (QED) is 0.647. The second-order valence-electron chi connectivity index (χ2n) is 7.23. The van der Waals surface area contributed by atoms with Crippen molar-refractivity contribution >= 4 is 11.8 Å². The normalized spacial score (nSPS) is 10.8. The number of hydrogen-bond acceptors (Lipinski definition) is 3. The minimum Gasteiger partial charge on any atom is -0.339 e. The summed E-state index contributed by atoms with van der Waals surface area (Å²) in [6, 6.07) is 13.2. The maximum atomic E-state index is 13.1. The van der Waals surface area contributed by atoms with Crippen molar-refractivity contribution in [3.8, 4) is 0 Å². The topological polar surface area (TPSA) is 53.5 Å². The number of rotatable bonds is 9. The number of benzene rings is 1. The summed E-state index contributed by atoms with van der Waals surface area (Å²) in [6.07, 6.45) is 3.36. The maximum absolute atomic E-state index is 13.1. The number of nitrogens with zero attached hydrogens (tertiary/aromatic N) is 3. The van der Waals surface area contributed by atoms with Gasteiger partial charge in [0.25, 0.3) is 11.8 Å². The predicted octanol–water partition coefficient (Wildman–Crippen LogP) is 4.39. The first-order valence-electron chi connectivity index (χ1n) is 10.1. The number of pyridine rings is 1. The molecule has 0 saturated heterocycles. The molecule has 1 aromatic carbocycles. The molecule has 0 atom stereocenters. The molecule has 28 heavy (non-hydrogen) atoms. The van der Waals surface area contributed by atoms with Crippen molar-refractivity contribution in [1.29, 1.82) is 0 Å². The van der Waals surface area contributed by atoms with E-state index in [1.807, 2.05) is 49.1 Å². The van der Waals surface area contributed by atoms with Crippen LogP contribution in [0.15, 0.2) is 48.7 Å². The molecule has 1 heterocycles. The third-order valence-corrected chi connectivity index (χ3v) is 4.58. The van der Waals surface area contributed by atoms with E-state index in [2.05, 4.69) is 18.8 Å². The summed E-state index contributed by atoms with van der Waals surface area (Å²) in [5, 5.41) is 0. The van der Waals surface area contributed by atoms with E-state index < -0.39 is 0 Å². The van der Waals surface area contributed by atoms with Gasteiger partial charge in [-0.05, 0) is 44.4 Å². The standard InChI is InChI=1S/C23H31N3O2/c1-5-14-25(15-6-2)22(27)20-12-13-24-21(16-20)23(28)26(18(3)4)17-19-10-8-7-9-11-19/h7-13,16,18H,5-6,14-15,17H2,1-4H3. The lowest BCUT2D eigenvalue weighted by Gasteiger charge is -2.27. The van der Waals surface area contributed by atoms with Gasteiger partial charge in [0.15, 0.2) is 0 Å². The van der Waals surface area contributed by atoms with Crippen LogP contribution in [0.1, 0.15) is 66.9 Å². The molecule has 2 amide bonds. The minimum atomic E-state index is -0.161. The molecule has 0 aliphatic carbocycles. The molecule has 0 spiro atoms. The molecule has 5 heteroatoms. The van der Waals surface area contributed by atoms with Gasteiger partial charge in [-0.3, -0.25) is 14.6 Å². The Labute approximate surface area is 168 Å². The molecule has 150 valence electrons. The third-order valence-electron chi connectivity index (χ3n) is 4.58. The average Bonchev–Trinajstić information content (AvgIpc) is 2.71.